The SMILES string of the molecule is Nc1nc2ccc3cccnc3c2o1. The Hall–Kier alpha value is -2.10. The minimum absolute atomic E-state index is 0.179. The van der Waals surface area contributed by atoms with Crippen LogP contribution in [0.15, 0.2) is 34.9 Å². The number of benzene rings is 1. The molecule has 2 heterocycles. The molecular formula is C10H7N3O. The molecule has 0 saturated heterocycles. The summed E-state index contributed by atoms with van der Waals surface area (Å²) in [6.07, 6.45) is 1.72. The molecule has 4 nitrogen and oxygen atoms in total. The first-order chi connectivity index (χ1) is 6.84. The number of hydrogen-bond donors (Lipinski definition) is 1. The molecule has 3 aromatic rings. The maximum Gasteiger partial charge on any atom is 0.293 e. The third-order valence-electron chi connectivity index (χ3n) is 2.14. The van der Waals surface area contributed by atoms with Gasteiger partial charge in [-0.3, -0.25) is 4.98 Å². The first-order valence-corrected chi connectivity index (χ1v) is 4.24. The van der Waals surface area contributed by atoms with Crippen molar-refractivity contribution in [3.8, 4) is 0 Å². The van der Waals surface area contributed by atoms with Crippen LogP contribution in [0.5, 0.6) is 0 Å². The van der Waals surface area contributed by atoms with Gasteiger partial charge in [-0.25, -0.2) is 0 Å². The van der Waals surface area contributed by atoms with E-state index in [1.165, 1.54) is 0 Å². The summed E-state index contributed by atoms with van der Waals surface area (Å²) in [5.74, 6) is 0. The molecule has 0 aliphatic carbocycles. The van der Waals surface area contributed by atoms with Crippen molar-refractivity contribution in [1.29, 1.82) is 0 Å². The van der Waals surface area contributed by atoms with Gasteiger partial charge < -0.3 is 10.2 Å². The molecule has 0 atom stereocenters. The number of rotatable bonds is 0. The van der Waals surface area contributed by atoms with E-state index in [1.807, 2.05) is 24.3 Å². The van der Waals surface area contributed by atoms with Crippen LogP contribution in [0, 0.1) is 0 Å². The van der Waals surface area contributed by atoms with E-state index in [9.17, 15) is 0 Å². The van der Waals surface area contributed by atoms with Gasteiger partial charge in [0.15, 0.2) is 5.58 Å². The second-order valence-electron chi connectivity index (χ2n) is 3.04. The summed E-state index contributed by atoms with van der Waals surface area (Å²) in [4.78, 5) is 8.27. The van der Waals surface area contributed by atoms with E-state index >= 15 is 0 Å². The highest BCUT2D eigenvalue weighted by atomic mass is 16.4. The minimum Gasteiger partial charge on any atom is -0.421 e. The van der Waals surface area contributed by atoms with Crippen LogP contribution in [0.2, 0.25) is 0 Å². The van der Waals surface area contributed by atoms with Crippen molar-refractivity contribution in [1.82, 2.24) is 9.97 Å². The quantitative estimate of drug-likeness (QED) is 0.581. The van der Waals surface area contributed by atoms with Gasteiger partial charge in [-0.15, -0.1) is 0 Å². The van der Waals surface area contributed by atoms with E-state index in [1.54, 1.807) is 6.20 Å². The second kappa shape index (κ2) is 2.45. The van der Waals surface area contributed by atoms with Gasteiger partial charge in [0.2, 0.25) is 0 Å². The molecule has 2 N–H and O–H groups in total. The predicted octanol–water partition coefficient (Wildman–Crippen LogP) is 1.96. The van der Waals surface area contributed by atoms with E-state index in [2.05, 4.69) is 9.97 Å². The molecule has 0 unspecified atom stereocenters. The van der Waals surface area contributed by atoms with Crippen molar-refractivity contribution < 1.29 is 4.42 Å². The molecular weight excluding hydrogens is 178 g/mol. The van der Waals surface area contributed by atoms with Gasteiger partial charge in [0.1, 0.15) is 11.0 Å². The molecule has 0 saturated carbocycles. The van der Waals surface area contributed by atoms with Gasteiger partial charge in [0.05, 0.1) is 0 Å². The third kappa shape index (κ3) is 0.877. The molecule has 0 fully saturated rings. The maximum absolute atomic E-state index is 5.48. The third-order valence-corrected chi connectivity index (χ3v) is 2.14. The lowest BCUT2D eigenvalue weighted by molar-refractivity contribution is 0.628. The fourth-order valence-corrected chi connectivity index (χ4v) is 1.54. The Morgan fingerprint density at radius 2 is 2.14 bits per heavy atom. The lowest BCUT2D eigenvalue weighted by Gasteiger charge is -1.94. The summed E-state index contributed by atoms with van der Waals surface area (Å²) in [7, 11) is 0. The molecule has 0 amide bonds. The van der Waals surface area contributed by atoms with Crippen molar-refractivity contribution in [2.45, 2.75) is 0 Å². The Labute approximate surface area is 79.4 Å². The summed E-state index contributed by atoms with van der Waals surface area (Å²) in [5.41, 5.74) is 7.67. The first-order valence-electron chi connectivity index (χ1n) is 4.24. The molecule has 2 aromatic heterocycles. The lowest BCUT2D eigenvalue weighted by Crippen LogP contribution is -1.80. The topological polar surface area (TPSA) is 64.9 Å². The fourth-order valence-electron chi connectivity index (χ4n) is 1.54. The molecule has 3 rings (SSSR count). The summed E-state index contributed by atoms with van der Waals surface area (Å²) >= 11 is 0. The van der Waals surface area contributed by atoms with Crippen LogP contribution in [0.25, 0.3) is 22.0 Å². The molecule has 0 radical (unpaired) electrons. The number of aromatic nitrogens is 2. The number of hydrogen-bond acceptors (Lipinski definition) is 4. The smallest absolute Gasteiger partial charge is 0.293 e. The van der Waals surface area contributed by atoms with Crippen LogP contribution in [0.1, 0.15) is 0 Å². The normalized spacial score (nSPS) is 11.1. The largest absolute Gasteiger partial charge is 0.421 e. The van der Waals surface area contributed by atoms with Gasteiger partial charge in [-0.2, -0.15) is 4.98 Å². The summed E-state index contributed by atoms with van der Waals surface area (Å²) in [5, 5.41) is 1.02. The summed E-state index contributed by atoms with van der Waals surface area (Å²) in [6.45, 7) is 0. The minimum atomic E-state index is 0.179. The zero-order valence-electron chi connectivity index (χ0n) is 7.27. The van der Waals surface area contributed by atoms with Crippen molar-refractivity contribution in [3.63, 3.8) is 0 Å². The lowest BCUT2D eigenvalue weighted by atomic mass is 10.2. The van der Waals surface area contributed by atoms with Crippen LogP contribution >= 0.6 is 0 Å². The van der Waals surface area contributed by atoms with Gasteiger partial charge in [0, 0.05) is 11.6 Å². The Morgan fingerprint density at radius 1 is 1.21 bits per heavy atom. The first kappa shape index (κ1) is 7.32. The molecule has 1 aromatic carbocycles. The number of fused-ring (bicyclic) bond motifs is 3. The van der Waals surface area contributed by atoms with Crippen molar-refractivity contribution in [2.75, 3.05) is 5.73 Å². The number of pyridine rings is 1. The Bertz CT molecular complexity index is 615. The predicted molar refractivity (Wildman–Crippen MR) is 53.7 cm³/mol. The van der Waals surface area contributed by atoms with E-state index in [4.69, 9.17) is 10.2 Å². The monoisotopic (exact) mass is 185 g/mol. The van der Waals surface area contributed by atoms with E-state index in [0.717, 1.165) is 16.4 Å². The number of nitrogens with two attached hydrogens (primary N) is 1. The fraction of sp³-hybridized carbons (Fsp3) is 0. The van der Waals surface area contributed by atoms with E-state index in [0.29, 0.717) is 5.58 Å². The zero-order valence-corrected chi connectivity index (χ0v) is 7.27. The van der Waals surface area contributed by atoms with Gasteiger partial charge >= 0.3 is 0 Å². The molecule has 0 spiro atoms. The van der Waals surface area contributed by atoms with Gasteiger partial charge in [0.25, 0.3) is 6.01 Å². The highest BCUT2D eigenvalue weighted by Crippen LogP contribution is 2.24. The van der Waals surface area contributed by atoms with Crippen molar-refractivity contribution in [2.24, 2.45) is 0 Å². The Morgan fingerprint density at radius 3 is 3.07 bits per heavy atom. The van der Waals surface area contributed by atoms with Crippen LogP contribution in [-0.2, 0) is 0 Å². The second-order valence-corrected chi connectivity index (χ2v) is 3.04. The Kier molecular flexibility index (Phi) is 1.28. The van der Waals surface area contributed by atoms with Crippen molar-refractivity contribution in [3.05, 3.63) is 30.5 Å². The highest BCUT2D eigenvalue weighted by Gasteiger charge is 2.07. The summed E-state index contributed by atoms with van der Waals surface area (Å²) < 4.78 is 5.29. The molecule has 0 bridgehead atoms. The van der Waals surface area contributed by atoms with Crippen molar-refractivity contribution >= 4 is 28.0 Å². The highest BCUT2D eigenvalue weighted by molar-refractivity contribution is 6.00. The van der Waals surface area contributed by atoms with Crippen LogP contribution in [0.3, 0.4) is 0 Å². The molecule has 14 heavy (non-hydrogen) atoms. The van der Waals surface area contributed by atoms with Gasteiger partial charge in [-0.05, 0) is 12.1 Å². The molecule has 0 aliphatic rings. The number of nitrogen functional groups attached to an aromatic ring is 1. The van der Waals surface area contributed by atoms with E-state index in [-0.39, 0.29) is 6.01 Å². The van der Waals surface area contributed by atoms with Crippen LogP contribution in [0.4, 0.5) is 6.01 Å². The number of anilines is 1. The van der Waals surface area contributed by atoms with E-state index < -0.39 is 0 Å². The standard InChI is InChI=1S/C10H7N3O/c11-10-13-7-4-3-6-2-1-5-12-8(6)9(7)14-10/h1-5H,(H2,11,13). The average molecular weight is 185 g/mol. The Balaban J connectivity index is 2.60. The number of nitrogens with zero attached hydrogens (tertiary/aromatic N) is 2. The number of oxazole rings is 1. The summed E-state index contributed by atoms with van der Waals surface area (Å²) in [6, 6.07) is 7.86. The zero-order chi connectivity index (χ0) is 9.54. The van der Waals surface area contributed by atoms with Crippen LogP contribution in [-0.4, -0.2) is 9.97 Å². The van der Waals surface area contributed by atoms with Gasteiger partial charge in [-0.1, -0.05) is 12.1 Å². The average Bonchev–Trinajstić information content (AvgIpc) is 2.59. The molecule has 0 aliphatic heterocycles. The maximum atomic E-state index is 5.48. The van der Waals surface area contributed by atoms with Crippen LogP contribution < -0.4 is 5.73 Å². The molecule has 4 heteroatoms. The molecule has 68 valence electrons.